The molecule has 3 N–H and O–H groups in total. The summed E-state index contributed by atoms with van der Waals surface area (Å²) < 4.78 is 16.5. The Labute approximate surface area is 197 Å². The number of pyridine rings is 1. The summed E-state index contributed by atoms with van der Waals surface area (Å²) in [5.41, 5.74) is 1.51. The minimum atomic E-state index is -0.867. The van der Waals surface area contributed by atoms with E-state index in [-0.39, 0.29) is 23.4 Å². The maximum absolute atomic E-state index is 13.2. The van der Waals surface area contributed by atoms with Gasteiger partial charge >= 0.3 is 0 Å². The minimum absolute atomic E-state index is 0.0288. The Morgan fingerprint density at radius 1 is 1.00 bits per heavy atom. The number of nitrogens with zero attached hydrogens (tertiary/aromatic N) is 1. The molecule has 3 aromatic rings. The van der Waals surface area contributed by atoms with E-state index in [9.17, 15) is 14.0 Å². The third-order valence-electron chi connectivity index (χ3n) is 4.46. The van der Waals surface area contributed by atoms with Crippen LogP contribution in [0.2, 0.25) is 0 Å². The zero-order chi connectivity index (χ0) is 23.8. The lowest BCUT2D eigenvalue weighted by Crippen LogP contribution is -2.45. The summed E-state index contributed by atoms with van der Waals surface area (Å²) in [7, 11) is 0. The number of amides is 2. The first kappa shape index (κ1) is 24.4. The summed E-state index contributed by atoms with van der Waals surface area (Å²) in [6.45, 7) is 6.24. The standard InChI is InChI=1S/C25H27FN4O2S/c1-25(2,3)30-33-21-13-11-19(12-14-21)28-24(32)22(16-20-6-4-5-15-27-20)29-23(31)17-7-9-18(26)10-8-17/h4-15,22,30H,16H2,1-3H3,(H,28,32)(H,29,31)/t22-/m0/s1. The lowest BCUT2D eigenvalue weighted by atomic mass is 10.1. The number of carbonyl (C=O) groups is 2. The normalized spacial score (nSPS) is 12.1. The van der Waals surface area contributed by atoms with E-state index < -0.39 is 17.8 Å². The molecule has 2 amide bonds. The van der Waals surface area contributed by atoms with Crippen molar-refractivity contribution in [2.75, 3.05) is 5.32 Å². The summed E-state index contributed by atoms with van der Waals surface area (Å²) in [6.07, 6.45) is 1.84. The first-order valence-corrected chi connectivity index (χ1v) is 11.3. The van der Waals surface area contributed by atoms with Gasteiger partial charge in [-0.05, 0) is 93.4 Å². The second-order valence-corrected chi connectivity index (χ2v) is 9.41. The second-order valence-electron chi connectivity index (χ2n) is 8.53. The molecule has 0 radical (unpaired) electrons. The van der Waals surface area contributed by atoms with Crippen molar-refractivity contribution in [2.45, 2.75) is 43.7 Å². The number of nitrogens with one attached hydrogen (secondary N) is 3. The summed E-state index contributed by atoms with van der Waals surface area (Å²) in [5.74, 6) is -1.27. The molecule has 33 heavy (non-hydrogen) atoms. The number of aromatic nitrogens is 1. The van der Waals surface area contributed by atoms with Gasteiger partial charge in [0.05, 0.1) is 0 Å². The molecule has 0 saturated carbocycles. The molecule has 0 fully saturated rings. The van der Waals surface area contributed by atoms with Crippen molar-refractivity contribution in [3.05, 3.63) is 90.0 Å². The Morgan fingerprint density at radius 2 is 1.70 bits per heavy atom. The minimum Gasteiger partial charge on any atom is -0.340 e. The molecule has 0 bridgehead atoms. The number of carbonyl (C=O) groups excluding carboxylic acids is 2. The molecule has 8 heteroatoms. The quantitative estimate of drug-likeness (QED) is 0.423. The van der Waals surface area contributed by atoms with E-state index in [1.165, 1.54) is 36.2 Å². The van der Waals surface area contributed by atoms with Gasteiger partial charge < -0.3 is 10.6 Å². The lowest BCUT2D eigenvalue weighted by Gasteiger charge is -2.20. The number of halogens is 1. The molecule has 3 rings (SSSR count). The maximum atomic E-state index is 13.2. The van der Waals surface area contributed by atoms with Crippen LogP contribution in [0.4, 0.5) is 10.1 Å². The Balaban J connectivity index is 1.70. The molecule has 0 aliphatic heterocycles. The van der Waals surface area contributed by atoms with Crippen LogP contribution in [0.5, 0.6) is 0 Å². The van der Waals surface area contributed by atoms with Crippen molar-refractivity contribution in [3.63, 3.8) is 0 Å². The number of hydrogen-bond acceptors (Lipinski definition) is 5. The highest BCUT2D eigenvalue weighted by molar-refractivity contribution is 7.97. The van der Waals surface area contributed by atoms with E-state index in [2.05, 4.69) is 41.1 Å². The zero-order valence-electron chi connectivity index (χ0n) is 18.8. The predicted octanol–water partition coefficient (Wildman–Crippen LogP) is 4.60. The van der Waals surface area contributed by atoms with Crippen LogP contribution in [0, 0.1) is 5.82 Å². The van der Waals surface area contributed by atoms with Gasteiger partial charge in [-0.2, -0.15) is 0 Å². The lowest BCUT2D eigenvalue weighted by molar-refractivity contribution is -0.118. The van der Waals surface area contributed by atoms with Crippen LogP contribution in [0.1, 0.15) is 36.8 Å². The fraction of sp³-hybridized carbons (Fsp3) is 0.240. The molecule has 6 nitrogen and oxygen atoms in total. The smallest absolute Gasteiger partial charge is 0.251 e. The first-order chi connectivity index (χ1) is 15.7. The van der Waals surface area contributed by atoms with E-state index in [1.807, 2.05) is 30.3 Å². The summed E-state index contributed by atoms with van der Waals surface area (Å²) in [5, 5.41) is 5.60. The Bertz CT molecular complexity index is 1070. The average Bonchev–Trinajstić information content (AvgIpc) is 2.78. The van der Waals surface area contributed by atoms with Crippen LogP contribution < -0.4 is 15.4 Å². The summed E-state index contributed by atoms with van der Waals surface area (Å²) in [6, 6.07) is 17.1. The number of rotatable bonds is 8. The van der Waals surface area contributed by atoms with Crippen molar-refractivity contribution in [1.82, 2.24) is 15.0 Å². The van der Waals surface area contributed by atoms with Crippen LogP contribution in [0.15, 0.2) is 77.8 Å². The second kappa shape index (κ2) is 11.1. The van der Waals surface area contributed by atoms with Crippen molar-refractivity contribution in [3.8, 4) is 0 Å². The molecule has 1 heterocycles. The molecule has 1 aromatic heterocycles. The molecule has 0 aliphatic rings. The van der Waals surface area contributed by atoms with Crippen LogP contribution in [-0.2, 0) is 11.2 Å². The van der Waals surface area contributed by atoms with Gasteiger partial charge in [0, 0.05) is 40.0 Å². The largest absolute Gasteiger partial charge is 0.340 e. The van der Waals surface area contributed by atoms with Gasteiger partial charge in [0.25, 0.3) is 5.91 Å². The van der Waals surface area contributed by atoms with Gasteiger partial charge in [-0.25, -0.2) is 4.39 Å². The van der Waals surface area contributed by atoms with Gasteiger partial charge in [-0.15, -0.1) is 0 Å². The molecular formula is C25H27FN4O2S. The Hall–Kier alpha value is -3.23. The topological polar surface area (TPSA) is 83.1 Å². The first-order valence-electron chi connectivity index (χ1n) is 10.5. The van der Waals surface area contributed by atoms with Crippen molar-refractivity contribution < 1.29 is 14.0 Å². The van der Waals surface area contributed by atoms with E-state index in [1.54, 1.807) is 18.3 Å². The van der Waals surface area contributed by atoms with E-state index in [4.69, 9.17) is 0 Å². The monoisotopic (exact) mass is 466 g/mol. The molecule has 2 aromatic carbocycles. The zero-order valence-corrected chi connectivity index (χ0v) is 19.6. The molecule has 0 saturated heterocycles. The molecule has 0 aliphatic carbocycles. The predicted molar refractivity (Wildman–Crippen MR) is 129 cm³/mol. The number of benzene rings is 2. The van der Waals surface area contributed by atoms with Crippen LogP contribution in [-0.4, -0.2) is 28.4 Å². The third-order valence-corrected chi connectivity index (χ3v) is 5.69. The molecule has 0 unspecified atom stereocenters. The van der Waals surface area contributed by atoms with Crippen molar-refractivity contribution in [2.24, 2.45) is 0 Å². The summed E-state index contributed by atoms with van der Waals surface area (Å²) in [4.78, 5) is 31.0. The van der Waals surface area contributed by atoms with E-state index in [0.29, 0.717) is 11.4 Å². The van der Waals surface area contributed by atoms with Crippen LogP contribution in [0.25, 0.3) is 0 Å². The van der Waals surface area contributed by atoms with Crippen molar-refractivity contribution in [1.29, 1.82) is 0 Å². The van der Waals surface area contributed by atoms with Gasteiger partial charge in [-0.3, -0.25) is 19.3 Å². The van der Waals surface area contributed by atoms with Crippen LogP contribution in [0.3, 0.4) is 0 Å². The van der Waals surface area contributed by atoms with Gasteiger partial charge in [0.1, 0.15) is 11.9 Å². The number of hydrogen-bond donors (Lipinski definition) is 3. The molecule has 1 atom stereocenters. The van der Waals surface area contributed by atoms with Crippen molar-refractivity contribution >= 4 is 29.4 Å². The molecule has 172 valence electrons. The average molecular weight is 467 g/mol. The summed E-state index contributed by atoms with van der Waals surface area (Å²) >= 11 is 1.52. The maximum Gasteiger partial charge on any atom is 0.251 e. The molecular weight excluding hydrogens is 439 g/mol. The van der Waals surface area contributed by atoms with E-state index in [0.717, 1.165) is 4.90 Å². The third kappa shape index (κ3) is 8.00. The highest BCUT2D eigenvalue weighted by Crippen LogP contribution is 2.20. The highest BCUT2D eigenvalue weighted by atomic mass is 32.2. The van der Waals surface area contributed by atoms with E-state index >= 15 is 0 Å². The van der Waals surface area contributed by atoms with Gasteiger partial charge in [0.2, 0.25) is 5.91 Å². The molecule has 0 spiro atoms. The Kier molecular flexibility index (Phi) is 8.19. The fourth-order valence-electron chi connectivity index (χ4n) is 2.83. The fourth-order valence-corrected chi connectivity index (χ4v) is 3.52. The van der Waals surface area contributed by atoms with Gasteiger partial charge in [0.15, 0.2) is 0 Å². The van der Waals surface area contributed by atoms with Gasteiger partial charge in [-0.1, -0.05) is 6.07 Å². The SMILES string of the molecule is CC(C)(C)NSc1ccc(NC(=O)[C@H](Cc2ccccn2)NC(=O)c2ccc(F)cc2)cc1. The Morgan fingerprint density at radius 3 is 2.30 bits per heavy atom. The highest BCUT2D eigenvalue weighted by Gasteiger charge is 2.23. The number of anilines is 1. The van der Waals surface area contributed by atoms with Crippen LogP contribution >= 0.6 is 11.9 Å².